The van der Waals surface area contributed by atoms with Gasteiger partial charge in [0.05, 0.1) is 0 Å². The molecule has 2 fully saturated rings. The summed E-state index contributed by atoms with van der Waals surface area (Å²) in [6.45, 7) is 2.25. The molecule has 3 unspecified atom stereocenters. The van der Waals surface area contributed by atoms with E-state index in [-0.39, 0.29) is 5.41 Å². The molecular formula is C22H23ClO. The summed E-state index contributed by atoms with van der Waals surface area (Å²) in [5.74, 6) is 2.47. The van der Waals surface area contributed by atoms with Crippen LogP contribution in [-0.2, 0) is 11.2 Å². The van der Waals surface area contributed by atoms with Crippen LogP contribution in [-0.4, -0.2) is 5.78 Å². The molecule has 0 saturated heterocycles. The summed E-state index contributed by atoms with van der Waals surface area (Å²) in [6.07, 6.45) is 6.54. The predicted molar refractivity (Wildman–Crippen MR) is 98.6 cm³/mol. The van der Waals surface area contributed by atoms with Crippen molar-refractivity contribution in [3.05, 3.63) is 46.5 Å². The van der Waals surface area contributed by atoms with Gasteiger partial charge in [0.15, 0.2) is 0 Å². The van der Waals surface area contributed by atoms with E-state index in [0.29, 0.717) is 23.5 Å². The molecule has 3 aliphatic rings. The average Bonchev–Trinajstić information content (AvgIpc) is 2.90. The third-order valence-electron chi connectivity index (χ3n) is 7.43. The summed E-state index contributed by atoms with van der Waals surface area (Å²) in [5.41, 5.74) is 3.03. The molecule has 24 heavy (non-hydrogen) atoms. The van der Waals surface area contributed by atoms with Crippen molar-refractivity contribution in [1.82, 2.24) is 0 Å². The molecule has 0 N–H and O–H groups in total. The van der Waals surface area contributed by atoms with E-state index in [1.165, 1.54) is 29.2 Å². The molecule has 0 aliphatic heterocycles. The molecule has 3 aliphatic carbocycles. The van der Waals surface area contributed by atoms with Gasteiger partial charge in [0, 0.05) is 22.2 Å². The third kappa shape index (κ3) is 1.85. The van der Waals surface area contributed by atoms with Gasteiger partial charge in [0.1, 0.15) is 5.78 Å². The molecule has 0 radical (unpaired) electrons. The second kappa shape index (κ2) is 5.08. The molecular weight excluding hydrogens is 316 g/mol. The Morgan fingerprint density at radius 3 is 2.79 bits per heavy atom. The van der Waals surface area contributed by atoms with Gasteiger partial charge < -0.3 is 0 Å². The normalized spacial score (nSPS) is 34.8. The fourth-order valence-corrected chi connectivity index (χ4v) is 6.42. The number of carbonyl (C=O) groups excluding carboxylic acids is 1. The van der Waals surface area contributed by atoms with E-state index in [4.69, 9.17) is 11.6 Å². The molecule has 0 bridgehead atoms. The first-order chi connectivity index (χ1) is 11.6. The maximum atomic E-state index is 12.4. The van der Waals surface area contributed by atoms with Crippen LogP contribution in [0.2, 0.25) is 5.02 Å². The van der Waals surface area contributed by atoms with E-state index >= 15 is 0 Å². The lowest BCUT2D eigenvalue weighted by molar-refractivity contribution is -0.129. The zero-order valence-corrected chi connectivity index (χ0v) is 14.9. The van der Waals surface area contributed by atoms with Crippen molar-refractivity contribution in [3.63, 3.8) is 0 Å². The van der Waals surface area contributed by atoms with Crippen molar-refractivity contribution < 1.29 is 4.79 Å². The SMILES string of the molecule is C[C@]12CCC3c4ccc5c(Cl)cccc5c4CCC3C1CCC2=O. The van der Waals surface area contributed by atoms with Crippen LogP contribution in [0.1, 0.15) is 56.1 Å². The van der Waals surface area contributed by atoms with E-state index < -0.39 is 0 Å². The number of rotatable bonds is 0. The summed E-state index contributed by atoms with van der Waals surface area (Å²) in [4.78, 5) is 12.4. The van der Waals surface area contributed by atoms with E-state index in [1.54, 1.807) is 5.56 Å². The van der Waals surface area contributed by atoms with Gasteiger partial charge in [-0.25, -0.2) is 0 Å². The second-order valence-electron chi connectivity index (χ2n) is 8.30. The molecule has 124 valence electrons. The predicted octanol–water partition coefficient (Wildman–Crippen LogP) is 5.92. The quantitative estimate of drug-likeness (QED) is 0.582. The van der Waals surface area contributed by atoms with Gasteiger partial charge in [-0.15, -0.1) is 0 Å². The molecule has 2 aromatic rings. The van der Waals surface area contributed by atoms with Crippen LogP contribution in [0.25, 0.3) is 10.8 Å². The van der Waals surface area contributed by atoms with Crippen molar-refractivity contribution in [2.75, 3.05) is 0 Å². The maximum absolute atomic E-state index is 12.4. The molecule has 4 atom stereocenters. The van der Waals surface area contributed by atoms with E-state index in [2.05, 4.69) is 31.2 Å². The number of aryl methyl sites for hydroxylation is 1. The maximum Gasteiger partial charge on any atom is 0.139 e. The number of halogens is 1. The number of hydrogen-bond acceptors (Lipinski definition) is 1. The monoisotopic (exact) mass is 338 g/mol. The van der Waals surface area contributed by atoms with E-state index in [0.717, 1.165) is 30.7 Å². The molecule has 0 spiro atoms. The number of hydrogen-bond donors (Lipinski definition) is 0. The molecule has 0 amide bonds. The van der Waals surface area contributed by atoms with Gasteiger partial charge in [0.25, 0.3) is 0 Å². The fourth-order valence-electron chi connectivity index (χ4n) is 6.18. The Morgan fingerprint density at radius 2 is 1.92 bits per heavy atom. The highest BCUT2D eigenvalue weighted by molar-refractivity contribution is 6.35. The van der Waals surface area contributed by atoms with Crippen molar-refractivity contribution in [3.8, 4) is 0 Å². The van der Waals surface area contributed by atoms with Gasteiger partial charge in [-0.05, 0) is 72.4 Å². The van der Waals surface area contributed by atoms with Crippen LogP contribution < -0.4 is 0 Å². The summed E-state index contributed by atoms with van der Waals surface area (Å²) in [6, 6.07) is 10.8. The van der Waals surface area contributed by atoms with Gasteiger partial charge in [-0.2, -0.15) is 0 Å². The second-order valence-corrected chi connectivity index (χ2v) is 8.71. The van der Waals surface area contributed by atoms with Gasteiger partial charge in [-0.1, -0.05) is 42.8 Å². The van der Waals surface area contributed by atoms with Crippen LogP contribution in [0.5, 0.6) is 0 Å². The summed E-state index contributed by atoms with van der Waals surface area (Å²) >= 11 is 6.41. The minimum atomic E-state index is -0.0289. The van der Waals surface area contributed by atoms with E-state index in [9.17, 15) is 4.79 Å². The topological polar surface area (TPSA) is 17.1 Å². The molecule has 2 aromatic carbocycles. The molecule has 2 heteroatoms. The van der Waals surface area contributed by atoms with Crippen molar-refractivity contribution >= 4 is 28.2 Å². The standard InChI is InChI=1S/C22H23ClO/c1-22-12-11-16-15-6-8-18-13(3-2-4-20(18)23)14(15)5-7-17(16)19(22)9-10-21(22)24/h2-4,6,8,16-17,19H,5,7,9-12H2,1H3/t16?,17?,19?,22-/m0/s1. The lowest BCUT2D eigenvalue weighted by Crippen LogP contribution is -2.42. The fraction of sp³-hybridized carbons (Fsp3) is 0.500. The Kier molecular flexibility index (Phi) is 3.17. The Balaban J connectivity index is 1.62. The van der Waals surface area contributed by atoms with Gasteiger partial charge >= 0.3 is 0 Å². The molecule has 2 saturated carbocycles. The highest BCUT2D eigenvalue weighted by Gasteiger charge is 2.54. The number of benzene rings is 2. The Labute approximate surface area is 148 Å². The molecule has 1 nitrogen and oxygen atoms in total. The number of fused-ring (bicyclic) bond motifs is 7. The van der Waals surface area contributed by atoms with Crippen molar-refractivity contribution in [2.24, 2.45) is 17.3 Å². The van der Waals surface area contributed by atoms with Crippen LogP contribution in [0.15, 0.2) is 30.3 Å². The van der Waals surface area contributed by atoms with Crippen molar-refractivity contribution in [1.29, 1.82) is 0 Å². The van der Waals surface area contributed by atoms with Gasteiger partial charge in [-0.3, -0.25) is 4.79 Å². The molecule has 0 aromatic heterocycles. The Morgan fingerprint density at radius 1 is 1.04 bits per heavy atom. The Hall–Kier alpha value is -1.34. The van der Waals surface area contributed by atoms with E-state index in [1.807, 2.05) is 6.07 Å². The lowest BCUT2D eigenvalue weighted by Gasteiger charge is -2.48. The first kappa shape index (κ1) is 15.0. The van der Waals surface area contributed by atoms with Crippen LogP contribution in [0.3, 0.4) is 0 Å². The number of carbonyl (C=O) groups is 1. The minimum absolute atomic E-state index is 0.0289. The van der Waals surface area contributed by atoms with Gasteiger partial charge in [0.2, 0.25) is 0 Å². The number of Topliss-reactive ketones (excluding diaryl/α,β-unsaturated/α-hetero) is 1. The first-order valence-corrected chi connectivity index (χ1v) is 9.71. The van der Waals surface area contributed by atoms with Crippen LogP contribution in [0, 0.1) is 17.3 Å². The number of ketones is 1. The minimum Gasteiger partial charge on any atom is -0.299 e. The highest BCUT2D eigenvalue weighted by Crippen LogP contribution is 2.59. The zero-order valence-electron chi connectivity index (χ0n) is 14.1. The summed E-state index contributed by atoms with van der Waals surface area (Å²) in [7, 11) is 0. The first-order valence-electron chi connectivity index (χ1n) is 9.33. The molecule has 5 rings (SSSR count). The van der Waals surface area contributed by atoms with Crippen LogP contribution >= 0.6 is 11.6 Å². The molecule has 0 heterocycles. The zero-order chi connectivity index (χ0) is 16.5. The summed E-state index contributed by atoms with van der Waals surface area (Å²) < 4.78 is 0. The smallest absolute Gasteiger partial charge is 0.139 e. The average molecular weight is 339 g/mol. The largest absolute Gasteiger partial charge is 0.299 e. The van der Waals surface area contributed by atoms with Crippen LogP contribution in [0.4, 0.5) is 0 Å². The highest BCUT2D eigenvalue weighted by atomic mass is 35.5. The summed E-state index contributed by atoms with van der Waals surface area (Å²) in [5, 5.41) is 3.39. The lowest BCUT2D eigenvalue weighted by atomic mass is 9.55. The third-order valence-corrected chi connectivity index (χ3v) is 7.76. The van der Waals surface area contributed by atoms with Crippen molar-refractivity contribution in [2.45, 2.75) is 51.4 Å². The Bertz CT molecular complexity index is 854.